The average Bonchev–Trinajstić information content (AvgIpc) is 3.38. The second-order valence-corrected chi connectivity index (χ2v) is 8.37. The molecule has 0 bridgehead atoms. The number of rotatable bonds is 5. The van der Waals surface area contributed by atoms with Crippen LogP contribution in [0.4, 0.5) is 23.5 Å². The minimum absolute atomic E-state index is 0.0556. The summed E-state index contributed by atoms with van der Waals surface area (Å²) in [6.45, 7) is 3.21. The molecule has 1 aromatic carbocycles. The van der Waals surface area contributed by atoms with Crippen LogP contribution in [0.25, 0.3) is 0 Å². The van der Waals surface area contributed by atoms with Crippen molar-refractivity contribution in [2.75, 3.05) is 18.0 Å². The summed E-state index contributed by atoms with van der Waals surface area (Å²) in [6, 6.07) is 1.62. The van der Waals surface area contributed by atoms with Gasteiger partial charge in [-0.05, 0) is 48.1 Å². The zero-order chi connectivity index (χ0) is 23.1. The highest BCUT2D eigenvalue weighted by Crippen LogP contribution is 2.53. The van der Waals surface area contributed by atoms with Crippen molar-refractivity contribution in [3.05, 3.63) is 23.5 Å². The Kier molecular flexibility index (Phi) is 5.59. The number of H-pyrrole nitrogens is 1. The van der Waals surface area contributed by atoms with Crippen LogP contribution in [0.1, 0.15) is 38.2 Å². The number of halogens is 4. The zero-order valence-corrected chi connectivity index (χ0v) is 17.1. The van der Waals surface area contributed by atoms with E-state index < -0.39 is 35.0 Å². The van der Waals surface area contributed by atoms with E-state index in [1.807, 2.05) is 4.90 Å². The molecule has 1 saturated carbocycles. The van der Waals surface area contributed by atoms with E-state index in [9.17, 15) is 27.5 Å². The van der Waals surface area contributed by atoms with Crippen LogP contribution in [0.15, 0.2) is 12.1 Å². The Morgan fingerprint density at radius 3 is 2.75 bits per heavy atom. The number of aromatic amines is 1. The molecule has 9 nitrogen and oxygen atoms in total. The van der Waals surface area contributed by atoms with Crippen LogP contribution in [0.3, 0.4) is 0 Å². The van der Waals surface area contributed by atoms with Crippen molar-refractivity contribution in [3.8, 4) is 11.5 Å². The highest BCUT2D eigenvalue weighted by molar-refractivity contribution is 5.92. The van der Waals surface area contributed by atoms with Gasteiger partial charge in [0, 0.05) is 24.7 Å². The number of amides is 1. The first-order valence-electron chi connectivity index (χ1n) is 10.2. The Bertz CT molecular complexity index is 980. The lowest BCUT2D eigenvalue weighted by Crippen LogP contribution is -2.47. The molecule has 1 saturated heterocycles. The van der Waals surface area contributed by atoms with Crippen LogP contribution < -0.4 is 15.0 Å². The van der Waals surface area contributed by atoms with Crippen molar-refractivity contribution >= 4 is 11.9 Å². The lowest BCUT2D eigenvalue weighted by Gasteiger charge is -2.26. The number of carbonyl (C=O) groups excluding carboxylic acids is 1. The summed E-state index contributed by atoms with van der Waals surface area (Å²) in [5.74, 6) is -3.33. The summed E-state index contributed by atoms with van der Waals surface area (Å²) in [4.78, 5) is 15.1. The minimum Gasteiger partial charge on any atom is -0.505 e. The lowest BCUT2D eigenvalue weighted by atomic mass is 9.92. The number of anilines is 1. The van der Waals surface area contributed by atoms with Gasteiger partial charge in [0.25, 0.3) is 0 Å². The maximum atomic E-state index is 14.4. The predicted octanol–water partition coefficient (Wildman–Crippen LogP) is 2.40. The molecule has 3 N–H and O–H groups in total. The molecular weight excluding hydrogens is 436 g/mol. The fourth-order valence-electron chi connectivity index (χ4n) is 4.20. The molecule has 2 aliphatic rings. The molecule has 1 amide bonds. The molecule has 1 aliphatic heterocycles. The SMILES string of the molecule is CC1CCN(c2nnn[nH]2)CC(NC(=O)C2(c3ccc(OC(F)(F)F)c(F)c3O)CC2)C1. The second kappa shape index (κ2) is 8.10. The van der Waals surface area contributed by atoms with Gasteiger partial charge in [0.2, 0.25) is 17.7 Å². The van der Waals surface area contributed by atoms with Gasteiger partial charge in [-0.1, -0.05) is 18.1 Å². The quantitative estimate of drug-likeness (QED) is 0.589. The van der Waals surface area contributed by atoms with Crippen molar-refractivity contribution in [1.82, 2.24) is 25.9 Å². The van der Waals surface area contributed by atoms with Gasteiger partial charge in [-0.25, -0.2) is 5.10 Å². The number of ether oxygens (including phenoxy) is 1. The molecule has 4 rings (SSSR count). The normalized spacial score (nSPS) is 22.8. The fourth-order valence-corrected chi connectivity index (χ4v) is 4.20. The number of hydrogen-bond donors (Lipinski definition) is 3. The van der Waals surface area contributed by atoms with Crippen LogP contribution in [0.2, 0.25) is 0 Å². The topological polar surface area (TPSA) is 116 Å². The number of aromatic nitrogens is 4. The molecule has 0 spiro atoms. The maximum absolute atomic E-state index is 14.4. The summed E-state index contributed by atoms with van der Waals surface area (Å²) < 4.78 is 55.2. The number of alkyl halides is 3. The molecular formula is C19H22F4N6O3. The summed E-state index contributed by atoms with van der Waals surface area (Å²) in [6.07, 6.45) is -2.87. The molecule has 174 valence electrons. The van der Waals surface area contributed by atoms with E-state index in [1.54, 1.807) is 0 Å². The summed E-state index contributed by atoms with van der Waals surface area (Å²) in [7, 11) is 0. The van der Waals surface area contributed by atoms with E-state index >= 15 is 0 Å². The highest BCUT2D eigenvalue weighted by atomic mass is 19.4. The molecule has 0 radical (unpaired) electrons. The number of benzene rings is 1. The van der Waals surface area contributed by atoms with E-state index in [-0.39, 0.29) is 11.6 Å². The Balaban J connectivity index is 1.52. The van der Waals surface area contributed by atoms with Crippen molar-refractivity contribution in [1.29, 1.82) is 0 Å². The number of phenols is 1. The first-order chi connectivity index (χ1) is 15.1. The third kappa shape index (κ3) is 4.41. The highest BCUT2D eigenvalue weighted by Gasteiger charge is 2.54. The van der Waals surface area contributed by atoms with Crippen molar-refractivity contribution < 1.29 is 32.2 Å². The largest absolute Gasteiger partial charge is 0.573 e. The Morgan fingerprint density at radius 1 is 1.38 bits per heavy atom. The van der Waals surface area contributed by atoms with Gasteiger partial charge in [-0.15, -0.1) is 13.2 Å². The molecule has 2 fully saturated rings. The smallest absolute Gasteiger partial charge is 0.505 e. The third-order valence-corrected chi connectivity index (χ3v) is 6.00. The van der Waals surface area contributed by atoms with E-state index in [2.05, 4.69) is 37.6 Å². The first-order valence-corrected chi connectivity index (χ1v) is 10.2. The van der Waals surface area contributed by atoms with Gasteiger partial charge in [-0.2, -0.15) is 4.39 Å². The first kappa shape index (κ1) is 22.1. The van der Waals surface area contributed by atoms with Crippen molar-refractivity contribution in [2.45, 2.75) is 50.4 Å². The molecule has 2 atom stereocenters. The van der Waals surface area contributed by atoms with Crippen molar-refractivity contribution in [3.63, 3.8) is 0 Å². The molecule has 2 aromatic rings. The van der Waals surface area contributed by atoms with Gasteiger partial charge < -0.3 is 20.1 Å². The van der Waals surface area contributed by atoms with E-state index in [0.29, 0.717) is 44.2 Å². The number of tetrazole rings is 1. The van der Waals surface area contributed by atoms with Gasteiger partial charge in [-0.3, -0.25) is 4.79 Å². The molecule has 2 unspecified atom stereocenters. The Labute approximate surface area is 180 Å². The van der Waals surface area contributed by atoms with Crippen molar-refractivity contribution in [2.24, 2.45) is 5.92 Å². The monoisotopic (exact) mass is 458 g/mol. The number of hydrogen-bond acceptors (Lipinski definition) is 7. The summed E-state index contributed by atoms with van der Waals surface area (Å²) >= 11 is 0. The molecule has 13 heteroatoms. The zero-order valence-electron chi connectivity index (χ0n) is 17.1. The molecule has 2 heterocycles. The summed E-state index contributed by atoms with van der Waals surface area (Å²) in [5.41, 5.74) is -1.25. The average molecular weight is 458 g/mol. The number of nitrogens with one attached hydrogen (secondary N) is 2. The second-order valence-electron chi connectivity index (χ2n) is 8.37. The van der Waals surface area contributed by atoms with E-state index in [1.165, 1.54) is 0 Å². The molecule has 1 aliphatic carbocycles. The molecule has 32 heavy (non-hydrogen) atoms. The minimum atomic E-state index is -5.11. The van der Waals surface area contributed by atoms with Crippen LogP contribution in [-0.2, 0) is 10.2 Å². The Morgan fingerprint density at radius 2 is 2.12 bits per heavy atom. The van der Waals surface area contributed by atoms with Gasteiger partial charge in [0.05, 0.1) is 5.41 Å². The number of nitrogens with zero attached hydrogens (tertiary/aromatic N) is 4. The maximum Gasteiger partial charge on any atom is 0.573 e. The van der Waals surface area contributed by atoms with Gasteiger partial charge in [0.1, 0.15) is 0 Å². The summed E-state index contributed by atoms with van der Waals surface area (Å²) in [5, 5.41) is 27.0. The van der Waals surface area contributed by atoms with E-state index in [4.69, 9.17) is 0 Å². The third-order valence-electron chi connectivity index (χ3n) is 6.00. The van der Waals surface area contributed by atoms with Crippen LogP contribution >= 0.6 is 0 Å². The number of carbonyl (C=O) groups is 1. The number of phenolic OH excluding ortho intramolecular Hbond substituents is 1. The standard InChI is InChI=1S/C19H22F4N6O3/c1-10-4-7-29(17-25-27-28-26-17)9-11(8-10)24-16(31)18(5-6-18)12-2-3-13(14(20)15(12)30)32-19(21,22)23/h2-3,10-11,30H,4-9H2,1H3,(H,24,31)(H,25,26,27,28). The Hall–Kier alpha value is -3.12. The number of aromatic hydroxyl groups is 1. The van der Waals surface area contributed by atoms with Gasteiger partial charge >= 0.3 is 6.36 Å². The molecule has 1 aromatic heterocycles. The van der Waals surface area contributed by atoms with Crippen LogP contribution in [0.5, 0.6) is 11.5 Å². The van der Waals surface area contributed by atoms with E-state index in [0.717, 1.165) is 18.6 Å². The van der Waals surface area contributed by atoms with Gasteiger partial charge in [0.15, 0.2) is 11.5 Å². The van der Waals surface area contributed by atoms with Crippen LogP contribution in [-0.4, -0.2) is 57.1 Å². The lowest BCUT2D eigenvalue weighted by molar-refractivity contribution is -0.275. The van der Waals surface area contributed by atoms with Crippen LogP contribution in [0, 0.1) is 11.7 Å². The predicted molar refractivity (Wildman–Crippen MR) is 102 cm³/mol. The fraction of sp³-hybridized carbons (Fsp3) is 0.579.